The lowest BCUT2D eigenvalue weighted by Crippen LogP contribution is -2.45. The predicted octanol–water partition coefficient (Wildman–Crippen LogP) is 3.91. The molecule has 2 N–H and O–H groups in total. The van der Waals surface area contributed by atoms with Gasteiger partial charge in [0.2, 0.25) is 5.91 Å². The van der Waals surface area contributed by atoms with Gasteiger partial charge in [0.15, 0.2) is 5.96 Å². The maximum absolute atomic E-state index is 11.9. The molecule has 152 valence electrons. The highest BCUT2D eigenvalue weighted by atomic mass is 127. The number of likely N-dealkylation sites (tertiary alicyclic amines) is 1. The summed E-state index contributed by atoms with van der Waals surface area (Å²) in [5, 5.41) is 6.83. The number of carbonyl (C=O) groups excluding carboxylic acids is 1. The Kier molecular flexibility index (Phi) is 10.1. The van der Waals surface area contributed by atoms with Gasteiger partial charge in [0.05, 0.1) is 6.54 Å². The van der Waals surface area contributed by atoms with Crippen LogP contribution in [0.2, 0.25) is 0 Å². The fourth-order valence-corrected chi connectivity index (χ4v) is 3.52. The summed E-state index contributed by atoms with van der Waals surface area (Å²) in [6.07, 6.45) is 1.53. The minimum Gasteiger partial charge on any atom is -0.357 e. The van der Waals surface area contributed by atoms with Gasteiger partial charge in [0.25, 0.3) is 0 Å². The van der Waals surface area contributed by atoms with Gasteiger partial charge in [-0.2, -0.15) is 0 Å². The summed E-state index contributed by atoms with van der Waals surface area (Å²) in [6.45, 7) is 11.5. The Labute approximate surface area is 188 Å². The van der Waals surface area contributed by atoms with Crippen molar-refractivity contribution in [1.29, 1.82) is 0 Å². The van der Waals surface area contributed by atoms with Crippen molar-refractivity contribution < 1.29 is 4.79 Å². The van der Waals surface area contributed by atoms with Gasteiger partial charge in [0, 0.05) is 42.0 Å². The molecule has 7 heteroatoms. The first kappa shape index (κ1) is 24.2. The molecule has 1 aliphatic heterocycles. The molecule has 0 spiro atoms. The molecule has 1 saturated heterocycles. The van der Waals surface area contributed by atoms with E-state index in [9.17, 15) is 4.79 Å². The first-order valence-corrected chi connectivity index (χ1v) is 10.2. The minimum absolute atomic E-state index is 0. The van der Waals surface area contributed by atoms with Crippen LogP contribution in [0.25, 0.3) is 0 Å². The highest BCUT2D eigenvalue weighted by Crippen LogP contribution is 2.26. The van der Waals surface area contributed by atoms with E-state index in [2.05, 4.69) is 65.5 Å². The molecule has 1 heterocycles. The molecule has 0 radical (unpaired) electrons. The minimum atomic E-state index is -0.0635. The number of nitrogens with zero attached hydrogens (tertiary/aromatic N) is 2. The van der Waals surface area contributed by atoms with Crippen LogP contribution < -0.4 is 10.6 Å². The molecule has 2 rings (SSSR count). The van der Waals surface area contributed by atoms with Crippen LogP contribution in [-0.4, -0.2) is 49.0 Å². The summed E-state index contributed by atoms with van der Waals surface area (Å²) in [4.78, 5) is 18.6. The van der Waals surface area contributed by atoms with Gasteiger partial charge in [-0.1, -0.05) is 48.8 Å². The van der Waals surface area contributed by atoms with Crippen molar-refractivity contribution >= 4 is 51.8 Å². The highest BCUT2D eigenvalue weighted by molar-refractivity contribution is 14.0. The summed E-state index contributed by atoms with van der Waals surface area (Å²) in [7, 11) is 0. The molecule has 27 heavy (non-hydrogen) atoms. The second-order valence-electron chi connectivity index (χ2n) is 7.41. The molecule has 1 unspecified atom stereocenters. The first-order valence-electron chi connectivity index (χ1n) is 9.44. The number of halogens is 2. The third-order valence-electron chi connectivity index (χ3n) is 4.77. The maximum Gasteiger partial charge on any atom is 0.222 e. The summed E-state index contributed by atoms with van der Waals surface area (Å²) in [5.41, 5.74) is 1.19. The second kappa shape index (κ2) is 11.2. The van der Waals surface area contributed by atoms with Crippen molar-refractivity contribution in [2.75, 3.05) is 26.2 Å². The number of aliphatic imine (C=N–C) groups is 1. The predicted molar refractivity (Wildman–Crippen MR) is 127 cm³/mol. The van der Waals surface area contributed by atoms with Crippen molar-refractivity contribution in [1.82, 2.24) is 15.5 Å². The summed E-state index contributed by atoms with van der Waals surface area (Å²) >= 11 is 3.55. The smallest absolute Gasteiger partial charge is 0.222 e. The molecule has 1 amide bonds. The van der Waals surface area contributed by atoms with E-state index in [0.29, 0.717) is 13.0 Å². The number of hydrogen-bond acceptors (Lipinski definition) is 2. The van der Waals surface area contributed by atoms with E-state index in [1.54, 1.807) is 0 Å². The van der Waals surface area contributed by atoms with Crippen molar-refractivity contribution in [2.24, 2.45) is 4.99 Å². The molecule has 5 nitrogen and oxygen atoms in total. The Morgan fingerprint density at radius 1 is 1.37 bits per heavy atom. The Hall–Kier alpha value is -0.830. The van der Waals surface area contributed by atoms with Crippen LogP contribution in [0.15, 0.2) is 33.7 Å². The van der Waals surface area contributed by atoms with E-state index in [1.165, 1.54) is 5.56 Å². The Morgan fingerprint density at radius 2 is 2.11 bits per heavy atom. The van der Waals surface area contributed by atoms with Crippen LogP contribution in [0.5, 0.6) is 0 Å². The number of amides is 1. The Balaban J connectivity index is 0.00000364. The molecule has 1 aromatic carbocycles. The number of benzene rings is 1. The lowest BCUT2D eigenvalue weighted by atomic mass is 9.85. The van der Waals surface area contributed by atoms with Gasteiger partial charge in [0.1, 0.15) is 0 Å². The van der Waals surface area contributed by atoms with Gasteiger partial charge in [-0.3, -0.25) is 9.79 Å². The van der Waals surface area contributed by atoms with E-state index in [-0.39, 0.29) is 41.3 Å². The first-order chi connectivity index (χ1) is 12.4. The molecule has 0 aliphatic carbocycles. The Bertz CT molecular complexity index is 651. The highest BCUT2D eigenvalue weighted by Gasteiger charge is 2.26. The SMILES string of the molecule is CCNC(=NCC(C)(C)c1cccc(Br)c1)NC1CCN(C(=O)CC)C1.I. The molecule has 1 atom stereocenters. The molecule has 1 fully saturated rings. The number of carbonyl (C=O) groups is 1. The van der Waals surface area contributed by atoms with E-state index >= 15 is 0 Å². The van der Waals surface area contributed by atoms with Gasteiger partial charge >= 0.3 is 0 Å². The molecule has 0 aromatic heterocycles. The van der Waals surface area contributed by atoms with Crippen molar-refractivity contribution in [3.05, 3.63) is 34.3 Å². The third kappa shape index (κ3) is 7.25. The van der Waals surface area contributed by atoms with E-state index in [1.807, 2.05) is 17.9 Å². The summed E-state index contributed by atoms with van der Waals surface area (Å²) in [5.74, 6) is 1.05. The normalized spacial score (nSPS) is 17.4. The zero-order chi connectivity index (χ0) is 19.2. The molecular formula is C20H32BrIN4O. The molecule has 1 aliphatic rings. The monoisotopic (exact) mass is 550 g/mol. The largest absolute Gasteiger partial charge is 0.357 e. The standard InChI is InChI=1S/C20H31BrN4O.HI/c1-5-18(26)25-11-10-17(13-25)24-19(22-6-2)23-14-20(3,4)15-8-7-9-16(21)12-15;/h7-9,12,17H,5-6,10-11,13-14H2,1-4H3,(H2,22,23,24);1H. The van der Waals surface area contributed by atoms with Gasteiger partial charge in [-0.15, -0.1) is 24.0 Å². The topological polar surface area (TPSA) is 56.7 Å². The number of guanidine groups is 1. The number of hydrogen-bond donors (Lipinski definition) is 2. The van der Waals surface area contributed by atoms with Crippen LogP contribution in [0.4, 0.5) is 0 Å². The Morgan fingerprint density at radius 3 is 2.74 bits per heavy atom. The van der Waals surface area contributed by atoms with Gasteiger partial charge in [-0.25, -0.2) is 0 Å². The van der Waals surface area contributed by atoms with Gasteiger partial charge in [-0.05, 0) is 31.0 Å². The van der Waals surface area contributed by atoms with Crippen LogP contribution in [0, 0.1) is 0 Å². The van der Waals surface area contributed by atoms with Crippen molar-refractivity contribution in [3.8, 4) is 0 Å². The van der Waals surface area contributed by atoms with Crippen LogP contribution in [-0.2, 0) is 10.2 Å². The van der Waals surface area contributed by atoms with Crippen LogP contribution in [0.3, 0.4) is 0 Å². The lowest BCUT2D eigenvalue weighted by Gasteiger charge is -2.25. The fraction of sp³-hybridized carbons (Fsp3) is 0.600. The second-order valence-corrected chi connectivity index (χ2v) is 8.33. The average molecular weight is 551 g/mol. The maximum atomic E-state index is 11.9. The fourth-order valence-electron chi connectivity index (χ4n) is 3.12. The molecular weight excluding hydrogens is 519 g/mol. The van der Waals surface area contributed by atoms with Crippen LogP contribution >= 0.6 is 39.9 Å². The third-order valence-corrected chi connectivity index (χ3v) is 5.26. The van der Waals surface area contributed by atoms with E-state index in [4.69, 9.17) is 4.99 Å². The van der Waals surface area contributed by atoms with Crippen molar-refractivity contribution in [2.45, 2.75) is 52.0 Å². The molecule has 0 saturated carbocycles. The average Bonchev–Trinajstić information content (AvgIpc) is 3.08. The lowest BCUT2D eigenvalue weighted by molar-refractivity contribution is -0.129. The zero-order valence-electron chi connectivity index (χ0n) is 16.7. The summed E-state index contributed by atoms with van der Waals surface area (Å²) < 4.78 is 1.09. The van der Waals surface area contributed by atoms with E-state index in [0.717, 1.165) is 36.5 Å². The molecule has 0 bridgehead atoms. The summed E-state index contributed by atoms with van der Waals surface area (Å²) in [6, 6.07) is 8.66. The molecule has 1 aromatic rings. The van der Waals surface area contributed by atoms with Crippen molar-refractivity contribution in [3.63, 3.8) is 0 Å². The quantitative estimate of drug-likeness (QED) is 0.321. The number of rotatable bonds is 6. The van der Waals surface area contributed by atoms with Gasteiger partial charge < -0.3 is 15.5 Å². The van der Waals surface area contributed by atoms with Crippen LogP contribution in [0.1, 0.15) is 46.1 Å². The van der Waals surface area contributed by atoms with E-state index < -0.39 is 0 Å². The number of nitrogens with one attached hydrogen (secondary N) is 2. The zero-order valence-corrected chi connectivity index (χ0v) is 20.6.